The van der Waals surface area contributed by atoms with Crippen LogP contribution in [0.5, 0.6) is 23.0 Å². The number of fused-ring (bicyclic) bond motifs is 1. The van der Waals surface area contributed by atoms with E-state index in [0.29, 0.717) is 51.7 Å². The summed E-state index contributed by atoms with van der Waals surface area (Å²) in [5.74, 6) is 3.01. The summed E-state index contributed by atoms with van der Waals surface area (Å²) in [6.07, 6.45) is 2.15. The SMILES string of the molecule is CCCOc1ccc(CN(CCC)C(=O)Cc2ccc3c(c2)OCCO3)cc1OCC. The van der Waals surface area contributed by atoms with E-state index in [-0.39, 0.29) is 5.91 Å². The fraction of sp³-hybridized carbons (Fsp3) is 0.480. The standard InChI is InChI=1S/C25H33NO5/c1-4-11-26(18-20-8-10-21(29-12-5-2)23(16-20)28-6-3)25(27)17-19-7-9-22-24(15-19)31-14-13-30-22/h7-10,15-16H,4-6,11-14,17-18H2,1-3H3. The molecule has 1 heterocycles. The zero-order chi connectivity index (χ0) is 22.1. The smallest absolute Gasteiger partial charge is 0.227 e. The highest BCUT2D eigenvalue weighted by Gasteiger charge is 2.18. The van der Waals surface area contributed by atoms with E-state index >= 15 is 0 Å². The van der Waals surface area contributed by atoms with Crippen molar-refractivity contribution in [1.29, 1.82) is 0 Å². The van der Waals surface area contributed by atoms with Gasteiger partial charge in [0.15, 0.2) is 23.0 Å². The second kappa shape index (κ2) is 11.5. The van der Waals surface area contributed by atoms with Gasteiger partial charge in [0.25, 0.3) is 0 Å². The summed E-state index contributed by atoms with van der Waals surface area (Å²) in [7, 11) is 0. The number of hydrogen-bond acceptors (Lipinski definition) is 5. The van der Waals surface area contributed by atoms with E-state index in [1.54, 1.807) is 0 Å². The molecule has 6 nitrogen and oxygen atoms in total. The van der Waals surface area contributed by atoms with E-state index < -0.39 is 0 Å². The molecule has 31 heavy (non-hydrogen) atoms. The molecule has 2 aromatic carbocycles. The highest BCUT2D eigenvalue weighted by atomic mass is 16.6. The molecule has 1 amide bonds. The van der Waals surface area contributed by atoms with E-state index in [9.17, 15) is 4.79 Å². The minimum Gasteiger partial charge on any atom is -0.490 e. The second-order valence-corrected chi connectivity index (χ2v) is 7.53. The Labute approximate surface area is 185 Å². The molecule has 6 heteroatoms. The predicted octanol–water partition coefficient (Wildman–Crippen LogP) is 4.63. The normalized spacial score (nSPS) is 12.4. The largest absolute Gasteiger partial charge is 0.490 e. The highest BCUT2D eigenvalue weighted by molar-refractivity contribution is 5.79. The van der Waals surface area contributed by atoms with Crippen molar-refractivity contribution in [3.8, 4) is 23.0 Å². The fourth-order valence-electron chi connectivity index (χ4n) is 3.52. The number of hydrogen-bond donors (Lipinski definition) is 0. The molecule has 0 unspecified atom stereocenters. The van der Waals surface area contributed by atoms with Crippen molar-refractivity contribution in [2.24, 2.45) is 0 Å². The van der Waals surface area contributed by atoms with Gasteiger partial charge in [0, 0.05) is 13.1 Å². The Morgan fingerprint density at radius 1 is 0.903 bits per heavy atom. The Bertz CT molecular complexity index is 867. The summed E-state index contributed by atoms with van der Waals surface area (Å²) in [5, 5.41) is 0. The van der Waals surface area contributed by atoms with Crippen LogP contribution in [0, 0.1) is 0 Å². The van der Waals surface area contributed by atoms with E-state index in [4.69, 9.17) is 18.9 Å². The van der Waals surface area contributed by atoms with Crippen molar-refractivity contribution in [3.05, 3.63) is 47.5 Å². The van der Waals surface area contributed by atoms with Gasteiger partial charge in [-0.15, -0.1) is 0 Å². The van der Waals surface area contributed by atoms with Gasteiger partial charge in [-0.2, -0.15) is 0 Å². The van der Waals surface area contributed by atoms with E-state index in [1.165, 1.54) is 0 Å². The van der Waals surface area contributed by atoms with Crippen LogP contribution in [0.25, 0.3) is 0 Å². The Hall–Kier alpha value is -2.89. The summed E-state index contributed by atoms with van der Waals surface area (Å²) >= 11 is 0. The molecule has 0 radical (unpaired) electrons. The highest BCUT2D eigenvalue weighted by Crippen LogP contribution is 2.31. The molecule has 0 N–H and O–H groups in total. The predicted molar refractivity (Wildman–Crippen MR) is 120 cm³/mol. The first kappa shape index (κ1) is 22.8. The molecule has 1 aliphatic rings. The molecule has 0 bridgehead atoms. The Morgan fingerprint density at radius 2 is 1.68 bits per heavy atom. The molecule has 3 rings (SSSR count). The third-order valence-electron chi connectivity index (χ3n) is 4.95. The van der Waals surface area contributed by atoms with Crippen molar-refractivity contribution < 1.29 is 23.7 Å². The minimum absolute atomic E-state index is 0.0859. The lowest BCUT2D eigenvalue weighted by molar-refractivity contribution is -0.131. The molecule has 0 saturated carbocycles. The van der Waals surface area contributed by atoms with Crippen LogP contribution in [0.1, 0.15) is 44.7 Å². The number of carbonyl (C=O) groups excluding carboxylic acids is 1. The lowest BCUT2D eigenvalue weighted by atomic mass is 10.1. The van der Waals surface area contributed by atoms with Crippen LogP contribution in [0.4, 0.5) is 0 Å². The van der Waals surface area contributed by atoms with Gasteiger partial charge in [0.1, 0.15) is 13.2 Å². The van der Waals surface area contributed by atoms with Crippen LogP contribution in [0.3, 0.4) is 0 Å². The maximum atomic E-state index is 13.1. The van der Waals surface area contributed by atoms with Crippen LogP contribution in [-0.4, -0.2) is 43.8 Å². The number of benzene rings is 2. The van der Waals surface area contributed by atoms with Crippen molar-refractivity contribution in [1.82, 2.24) is 4.90 Å². The van der Waals surface area contributed by atoms with Gasteiger partial charge in [0.2, 0.25) is 5.91 Å². The second-order valence-electron chi connectivity index (χ2n) is 7.53. The first-order chi connectivity index (χ1) is 15.1. The average Bonchev–Trinajstić information content (AvgIpc) is 2.78. The monoisotopic (exact) mass is 427 g/mol. The first-order valence-electron chi connectivity index (χ1n) is 11.2. The summed E-state index contributed by atoms with van der Waals surface area (Å²) in [6.45, 7) is 9.64. The van der Waals surface area contributed by atoms with Gasteiger partial charge < -0.3 is 23.8 Å². The summed E-state index contributed by atoms with van der Waals surface area (Å²) in [6, 6.07) is 11.6. The minimum atomic E-state index is 0.0859. The van der Waals surface area contributed by atoms with Gasteiger partial charge in [-0.05, 0) is 55.2 Å². The molecule has 1 aliphatic heterocycles. The summed E-state index contributed by atoms with van der Waals surface area (Å²) < 4.78 is 22.8. The van der Waals surface area contributed by atoms with Crippen molar-refractivity contribution >= 4 is 5.91 Å². The van der Waals surface area contributed by atoms with Gasteiger partial charge in [-0.1, -0.05) is 26.0 Å². The van der Waals surface area contributed by atoms with Crippen molar-refractivity contribution in [3.63, 3.8) is 0 Å². The van der Waals surface area contributed by atoms with Crippen LogP contribution in [0.15, 0.2) is 36.4 Å². The summed E-state index contributed by atoms with van der Waals surface area (Å²) in [5.41, 5.74) is 1.95. The molecule has 0 saturated heterocycles. The lowest BCUT2D eigenvalue weighted by Crippen LogP contribution is -2.32. The van der Waals surface area contributed by atoms with Crippen LogP contribution >= 0.6 is 0 Å². The fourth-order valence-corrected chi connectivity index (χ4v) is 3.52. The maximum absolute atomic E-state index is 13.1. The van der Waals surface area contributed by atoms with Gasteiger partial charge in [-0.3, -0.25) is 4.79 Å². The lowest BCUT2D eigenvalue weighted by Gasteiger charge is -2.24. The molecular weight excluding hydrogens is 394 g/mol. The first-order valence-corrected chi connectivity index (χ1v) is 11.2. The molecule has 0 aliphatic carbocycles. The third kappa shape index (κ3) is 6.29. The van der Waals surface area contributed by atoms with Crippen LogP contribution < -0.4 is 18.9 Å². The quantitative estimate of drug-likeness (QED) is 0.523. The number of rotatable bonds is 11. The van der Waals surface area contributed by atoms with E-state index in [2.05, 4.69) is 13.8 Å². The molecular formula is C25H33NO5. The number of carbonyl (C=O) groups is 1. The Morgan fingerprint density at radius 3 is 2.42 bits per heavy atom. The molecule has 0 fully saturated rings. The van der Waals surface area contributed by atoms with Crippen molar-refractivity contribution in [2.45, 2.75) is 46.6 Å². The Kier molecular flexibility index (Phi) is 8.44. The van der Waals surface area contributed by atoms with E-state index in [1.807, 2.05) is 48.2 Å². The van der Waals surface area contributed by atoms with Crippen LogP contribution in [-0.2, 0) is 17.8 Å². The molecule has 0 spiro atoms. The molecule has 0 atom stereocenters. The van der Waals surface area contributed by atoms with E-state index in [0.717, 1.165) is 41.2 Å². The maximum Gasteiger partial charge on any atom is 0.227 e. The zero-order valence-electron chi connectivity index (χ0n) is 18.8. The van der Waals surface area contributed by atoms with Crippen molar-refractivity contribution in [2.75, 3.05) is 33.0 Å². The zero-order valence-corrected chi connectivity index (χ0v) is 18.8. The number of nitrogens with zero attached hydrogens (tertiary/aromatic N) is 1. The topological polar surface area (TPSA) is 57.2 Å². The van der Waals surface area contributed by atoms with Gasteiger partial charge in [-0.25, -0.2) is 0 Å². The van der Waals surface area contributed by atoms with Crippen LogP contribution in [0.2, 0.25) is 0 Å². The van der Waals surface area contributed by atoms with Gasteiger partial charge >= 0.3 is 0 Å². The Balaban J connectivity index is 1.71. The number of ether oxygens (including phenoxy) is 4. The van der Waals surface area contributed by atoms with Gasteiger partial charge in [0.05, 0.1) is 19.6 Å². The third-order valence-corrected chi connectivity index (χ3v) is 4.95. The average molecular weight is 428 g/mol. The molecule has 2 aromatic rings. The molecule has 0 aromatic heterocycles. The molecule has 168 valence electrons. The number of amides is 1. The summed E-state index contributed by atoms with van der Waals surface area (Å²) in [4.78, 5) is 15.0.